The largest absolute Gasteiger partial charge is 0.338 e. The summed E-state index contributed by atoms with van der Waals surface area (Å²) >= 11 is 0. The monoisotopic (exact) mass is 252 g/mol. The molecular weight excluding hydrogens is 228 g/mol. The minimum atomic E-state index is -0.537. The van der Waals surface area contributed by atoms with Gasteiger partial charge in [-0.3, -0.25) is 4.90 Å². The zero-order valence-corrected chi connectivity index (χ0v) is 11.8. The van der Waals surface area contributed by atoms with Gasteiger partial charge in [0.1, 0.15) is 0 Å². The summed E-state index contributed by atoms with van der Waals surface area (Å²) in [6.07, 6.45) is 2.52. The first-order chi connectivity index (χ1) is 8.38. The highest BCUT2D eigenvalue weighted by atomic mass is 16.5. The standard InChI is InChI=1S/C13H24N4O/c1-9(2)10-6-5-7-17(10)8-11-15-12(16-18-11)13(3,4)14/h9-10H,5-8,14H2,1-4H3. The zero-order chi connectivity index (χ0) is 13.3. The van der Waals surface area contributed by atoms with Crippen LogP contribution in [0.15, 0.2) is 4.52 Å². The number of rotatable bonds is 4. The van der Waals surface area contributed by atoms with Crippen LogP contribution in [-0.4, -0.2) is 27.6 Å². The maximum absolute atomic E-state index is 5.96. The van der Waals surface area contributed by atoms with Gasteiger partial charge in [-0.15, -0.1) is 0 Å². The van der Waals surface area contributed by atoms with Gasteiger partial charge in [-0.05, 0) is 39.2 Å². The van der Waals surface area contributed by atoms with Gasteiger partial charge in [0, 0.05) is 6.04 Å². The quantitative estimate of drug-likeness (QED) is 0.886. The topological polar surface area (TPSA) is 68.2 Å². The van der Waals surface area contributed by atoms with Crippen LogP contribution in [0.5, 0.6) is 0 Å². The molecule has 1 unspecified atom stereocenters. The van der Waals surface area contributed by atoms with Crippen molar-refractivity contribution in [3.8, 4) is 0 Å². The summed E-state index contributed by atoms with van der Waals surface area (Å²) in [4.78, 5) is 6.83. The predicted octanol–water partition coefficient (Wildman–Crippen LogP) is 1.88. The minimum Gasteiger partial charge on any atom is -0.338 e. The van der Waals surface area contributed by atoms with Gasteiger partial charge in [-0.1, -0.05) is 19.0 Å². The first-order valence-corrected chi connectivity index (χ1v) is 6.74. The molecule has 18 heavy (non-hydrogen) atoms. The Hall–Kier alpha value is -0.940. The van der Waals surface area contributed by atoms with Crippen molar-refractivity contribution in [3.05, 3.63) is 11.7 Å². The van der Waals surface area contributed by atoms with Crippen LogP contribution in [0.25, 0.3) is 0 Å². The minimum absolute atomic E-state index is 0.537. The molecule has 5 nitrogen and oxygen atoms in total. The van der Waals surface area contributed by atoms with Crippen LogP contribution in [0.4, 0.5) is 0 Å². The average molecular weight is 252 g/mol. The van der Waals surface area contributed by atoms with Crippen molar-refractivity contribution in [3.63, 3.8) is 0 Å². The Bertz CT molecular complexity index is 394. The first-order valence-electron chi connectivity index (χ1n) is 6.74. The van der Waals surface area contributed by atoms with Crippen LogP contribution in [0, 0.1) is 5.92 Å². The van der Waals surface area contributed by atoms with E-state index in [0.29, 0.717) is 23.7 Å². The van der Waals surface area contributed by atoms with Gasteiger partial charge in [0.15, 0.2) is 5.82 Å². The van der Waals surface area contributed by atoms with E-state index in [4.69, 9.17) is 10.3 Å². The van der Waals surface area contributed by atoms with Gasteiger partial charge in [-0.2, -0.15) is 4.98 Å². The second-order valence-corrected chi connectivity index (χ2v) is 6.16. The van der Waals surface area contributed by atoms with Crippen molar-refractivity contribution in [1.82, 2.24) is 15.0 Å². The molecular formula is C13H24N4O. The first kappa shape index (κ1) is 13.5. The van der Waals surface area contributed by atoms with Crippen LogP contribution in [-0.2, 0) is 12.1 Å². The van der Waals surface area contributed by atoms with Crippen LogP contribution in [0.2, 0.25) is 0 Å². The molecule has 1 aliphatic heterocycles. The van der Waals surface area contributed by atoms with Crippen LogP contribution in [0.1, 0.15) is 52.3 Å². The number of hydrogen-bond acceptors (Lipinski definition) is 5. The molecule has 1 fully saturated rings. The molecule has 1 saturated heterocycles. The van der Waals surface area contributed by atoms with Crippen molar-refractivity contribution in [2.75, 3.05) is 6.54 Å². The lowest BCUT2D eigenvalue weighted by Crippen LogP contribution is -2.33. The van der Waals surface area contributed by atoms with E-state index in [0.717, 1.165) is 13.1 Å². The Morgan fingerprint density at radius 2 is 2.22 bits per heavy atom. The average Bonchev–Trinajstić information content (AvgIpc) is 2.85. The number of nitrogens with two attached hydrogens (primary N) is 1. The SMILES string of the molecule is CC(C)C1CCCN1Cc1nc(C(C)(C)N)no1. The van der Waals surface area contributed by atoms with E-state index in [1.807, 2.05) is 13.8 Å². The van der Waals surface area contributed by atoms with Gasteiger partial charge >= 0.3 is 0 Å². The molecule has 2 heterocycles. The van der Waals surface area contributed by atoms with E-state index in [1.54, 1.807) is 0 Å². The molecule has 0 saturated carbocycles. The molecule has 0 spiro atoms. The molecule has 2 rings (SSSR count). The Morgan fingerprint density at radius 1 is 1.50 bits per heavy atom. The third-order valence-electron chi connectivity index (χ3n) is 3.57. The predicted molar refractivity (Wildman–Crippen MR) is 69.8 cm³/mol. The summed E-state index contributed by atoms with van der Waals surface area (Å²) < 4.78 is 5.30. The van der Waals surface area contributed by atoms with Crippen molar-refractivity contribution >= 4 is 0 Å². The van der Waals surface area contributed by atoms with Gasteiger partial charge in [0.2, 0.25) is 5.89 Å². The van der Waals surface area contributed by atoms with E-state index >= 15 is 0 Å². The molecule has 0 amide bonds. The number of likely N-dealkylation sites (tertiary alicyclic amines) is 1. The van der Waals surface area contributed by atoms with E-state index in [9.17, 15) is 0 Å². The van der Waals surface area contributed by atoms with E-state index in [1.165, 1.54) is 12.8 Å². The molecule has 1 aliphatic rings. The lowest BCUT2D eigenvalue weighted by atomic mass is 10.0. The van der Waals surface area contributed by atoms with Crippen molar-refractivity contribution in [1.29, 1.82) is 0 Å². The fraction of sp³-hybridized carbons (Fsp3) is 0.846. The number of hydrogen-bond donors (Lipinski definition) is 1. The lowest BCUT2D eigenvalue weighted by Gasteiger charge is -2.25. The van der Waals surface area contributed by atoms with Crippen molar-refractivity contribution in [2.45, 2.75) is 58.7 Å². The Labute approximate surface area is 109 Å². The highest BCUT2D eigenvalue weighted by Crippen LogP contribution is 2.25. The number of aromatic nitrogens is 2. The molecule has 2 N–H and O–H groups in total. The molecule has 1 aromatic heterocycles. The number of nitrogens with zero attached hydrogens (tertiary/aromatic N) is 3. The van der Waals surface area contributed by atoms with Gasteiger partial charge < -0.3 is 10.3 Å². The highest BCUT2D eigenvalue weighted by molar-refractivity contribution is 4.99. The van der Waals surface area contributed by atoms with Crippen LogP contribution >= 0.6 is 0 Å². The van der Waals surface area contributed by atoms with E-state index in [2.05, 4.69) is 28.9 Å². The van der Waals surface area contributed by atoms with Gasteiger partial charge in [-0.25, -0.2) is 0 Å². The smallest absolute Gasteiger partial charge is 0.240 e. The molecule has 5 heteroatoms. The zero-order valence-electron chi connectivity index (χ0n) is 11.8. The lowest BCUT2D eigenvalue weighted by molar-refractivity contribution is 0.175. The molecule has 0 aliphatic carbocycles. The Morgan fingerprint density at radius 3 is 2.78 bits per heavy atom. The fourth-order valence-electron chi connectivity index (χ4n) is 2.56. The van der Waals surface area contributed by atoms with Crippen LogP contribution in [0.3, 0.4) is 0 Å². The highest BCUT2D eigenvalue weighted by Gasteiger charge is 2.29. The molecule has 102 valence electrons. The summed E-state index contributed by atoms with van der Waals surface area (Å²) in [6, 6.07) is 0.631. The molecule has 1 atom stereocenters. The normalized spacial score (nSPS) is 22.0. The molecule has 0 radical (unpaired) electrons. The van der Waals surface area contributed by atoms with E-state index in [-0.39, 0.29) is 0 Å². The maximum Gasteiger partial charge on any atom is 0.240 e. The molecule has 0 bridgehead atoms. The summed E-state index contributed by atoms with van der Waals surface area (Å²) in [5.74, 6) is 1.93. The third-order valence-corrected chi connectivity index (χ3v) is 3.57. The van der Waals surface area contributed by atoms with Crippen molar-refractivity contribution < 1.29 is 4.52 Å². The Kier molecular flexibility index (Phi) is 3.73. The van der Waals surface area contributed by atoms with Crippen molar-refractivity contribution in [2.24, 2.45) is 11.7 Å². The van der Waals surface area contributed by atoms with E-state index < -0.39 is 5.54 Å². The second kappa shape index (κ2) is 4.97. The summed E-state index contributed by atoms with van der Waals surface area (Å²) in [7, 11) is 0. The summed E-state index contributed by atoms with van der Waals surface area (Å²) in [5.41, 5.74) is 5.42. The maximum atomic E-state index is 5.96. The van der Waals surface area contributed by atoms with Crippen LogP contribution < -0.4 is 5.73 Å². The van der Waals surface area contributed by atoms with Gasteiger partial charge in [0.25, 0.3) is 0 Å². The summed E-state index contributed by atoms with van der Waals surface area (Å²) in [6.45, 7) is 10.2. The third kappa shape index (κ3) is 2.90. The second-order valence-electron chi connectivity index (χ2n) is 6.16. The van der Waals surface area contributed by atoms with Gasteiger partial charge in [0.05, 0.1) is 12.1 Å². The Balaban J connectivity index is 2.03. The summed E-state index contributed by atoms with van der Waals surface area (Å²) in [5, 5.41) is 3.96. The molecule has 0 aromatic carbocycles. The molecule has 1 aromatic rings. The fourth-order valence-corrected chi connectivity index (χ4v) is 2.56.